The third-order valence-corrected chi connectivity index (χ3v) is 1.92. The largest absolute Gasteiger partial charge is 0.396 e. The van der Waals surface area contributed by atoms with Crippen LogP contribution in [0.25, 0.3) is 0 Å². The number of aliphatic hydroxyl groups excluding tert-OH is 1. The van der Waals surface area contributed by atoms with Crippen molar-refractivity contribution < 1.29 is 9.50 Å². The van der Waals surface area contributed by atoms with E-state index in [9.17, 15) is 4.39 Å². The zero-order chi connectivity index (χ0) is 10.6. The summed E-state index contributed by atoms with van der Waals surface area (Å²) in [5.74, 6) is -0.0155. The van der Waals surface area contributed by atoms with Gasteiger partial charge in [0.05, 0.1) is 0 Å². The van der Waals surface area contributed by atoms with Gasteiger partial charge in [-0.05, 0) is 32.4 Å². The number of hydrogen-bond donors (Lipinski definition) is 2. The Hall–Kier alpha value is -1.16. The van der Waals surface area contributed by atoms with Gasteiger partial charge in [-0.3, -0.25) is 0 Å². The SMILES string of the molecule is CC(C)(CCO)Nc1cccc(F)n1. The fraction of sp³-hybridized carbons (Fsp3) is 0.500. The predicted octanol–water partition coefficient (Wildman–Crippen LogP) is 1.79. The van der Waals surface area contributed by atoms with E-state index in [2.05, 4.69) is 10.3 Å². The van der Waals surface area contributed by atoms with Gasteiger partial charge in [0.25, 0.3) is 0 Å². The van der Waals surface area contributed by atoms with Crippen LogP contribution in [0.1, 0.15) is 20.3 Å². The van der Waals surface area contributed by atoms with Gasteiger partial charge in [0, 0.05) is 12.1 Å². The second-order valence-electron chi connectivity index (χ2n) is 3.83. The number of rotatable bonds is 4. The standard InChI is InChI=1S/C10H15FN2O/c1-10(2,6-7-14)13-9-5-3-4-8(11)12-9/h3-5,14H,6-7H2,1-2H3,(H,12,13). The normalized spacial score (nSPS) is 11.4. The Kier molecular flexibility index (Phi) is 3.41. The van der Waals surface area contributed by atoms with Crippen LogP contribution in [0.3, 0.4) is 0 Å². The summed E-state index contributed by atoms with van der Waals surface area (Å²) in [5, 5.41) is 11.8. The lowest BCUT2D eigenvalue weighted by atomic mass is 10.0. The Morgan fingerprint density at radius 3 is 2.79 bits per heavy atom. The van der Waals surface area contributed by atoms with E-state index in [0.29, 0.717) is 12.2 Å². The summed E-state index contributed by atoms with van der Waals surface area (Å²) in [5.41, 5.74) is -0.282. The van der Waals surface area contributed by atoms with Gasteiger partial charge in [-0.15, -0.1) is 0 Å². The summed E-state index contributed by atoms with van der Waals surface area (Å²) < 4.78 is 12.7. The quantitative estimate of drug-likeness (QED) is 0.725. The molecule has 1 heterocycles. The summed E-state index contributed by atoms with van der Waals surface area (Å²) in [4.78, 5) is 3.68. The van der Waals surface area contributed by atoms with Gasteiger partial charge in [-0.1, -0.05) is 6.07 Å². The van der Waals surface area contributed by atoms with E-state index >= 15 is 0 Å². The molecule has 1 aromatic rings. The molecular weight excluding hydrogens is 183 g/mol. The van der Waals surface area contributed by atoms with Crippen LogP contribution in [-0.2, 0) is 0 Å². The second-order valence-corrected chi connectivity index (χ2v) is 3.83. The third-order valence-electron chi connectivity index (χ3n) is 1.92. The molecule has 0 spiro atoms. The minimum absolute atomic E-state index is 0.0926. The van der Waals surface area contributed by atoms with Crippen molar-refractivity contribution >= 4 is 5.82 Å². The van der Waals surface area contributed by atoms with Crippen LogP contribution in [0.2, 0.25) is 0 Å². The smallest absolute Gasteiger partial charge is 0.214 e. The number of nitrogens with zero attached hydrogens (tertiary/aromatic N) is 1. The lowest BCUT2D eigenvalue weighted by Gasteiger charge is -2.25. The highest BCUT2D eigenvalue weighted by Gasteiger charge is 2.16. The van der Waals surface area contributed by atoms with Crippen molar-refractivity contribution in [3.8, 4) is 0 Å². The van der Waals surface area contributed by atoms with E-state index in [0.717, 1.165) is 0 Å². The molecule has 0 fully saturated rings. The maximum atomic E-state index is 12.7. The number of aliphatic hydroxyl groups is 1. The van der Waals surface area contributed by atoms with E-state index in [1.165, 1.54) is 6.07 Å². The molecule has 0 radical (unpaired) electrons. The molecule has 0 aromatic carbocycles. The summed E-state index contributed by atoms with van der Waals surface area (Å²) in [6.07, 6.45) is 0.588. The lowest BCUT2D eigenvalue weighted by molar-refractivity contribution is 0.260. The Morgan fingerprint density at radius 2 is 2.21 bits per heavy atom. The van der Waals surface area contributed by atoms with Crippen LogP contribution in [0.4, 0.5) is 10.2 Å². The average Bonchev–Trinajstić information content (AvgIpc) is 2.02. The summed E-state index contributed by atoms with van der Waals surface area (Å²) in [6, 6.07) is 4.59. The molecule has 1 aromatic heterocycles. The highest BCUT2D eigenvalue weighted by molar-refractivity contribution is 5.36. The second kappa shape index (κ2) is 4.37. The van der Waals surface area contributed by atoms with Crippen LogP contribution in [-0.4, -0.2) is 22.2 Å². The van der Waals surface area contributed by atoms with Crippen LogP contribution in [0.15, 0.2) is 18.2 Å². The Balaban J connectivity index is 2.68. The lowest BCUT2D eigenvalue weighted by Crippen LogP contribution is -2.32. The maximum absolute atomic E-state index is 12.7. The molecule has 78 valence electrons. The van der Waals surface area contributed by atoms with Crippen molar-refractivity contribution in [3.63, 3.8) is 0 Å². The van der Waals surface area contributed by atoms with Crippen molar-refractivity contribution in [2.75, 3.05) is 11.9 Å². The summed E-state index contributed by atoms with van der Waals surface area (Å²) in [7, 11) is 0. The van der Waals surface area contributed by atoms with Crippen molar-refractivity contribution in [3.05, 3.63) is 24.1 Å². The molecule has 0 aliphatic carbocycles. The minimum Gasteiger partial charge on any atom is -0.396 e. The van der Waals surface area contributed by atoms with Gasteiger partial charge in [0.2, 0.25) is 5.95 Å². The van der Waals surface area contributed by atoms with E-state index in [1.54, 1.807) is 12.1 Å². The molecule has 2 N–H and O–H groups in total. The van der Waals surface area contributed by atoms with Crippen LogP contribution < -0.4 is 5.32 Å². The Bertz CT molecular complexity index is 302. The minimum atomic E-state index is -0.505. The Labute approximate surface area is 83.0 Å². The molecule has 0 atom stereocenters. The molecule has 3 nitrogen and oxygen atoms in total. The van der Waals surface area contributed by atoms with E-state index < -0.39 is 5.95 Å². The molecular formula is C10H15FN2O. The average molecular weight is 198 g/mol. The fourth-order valence-corrected chi connectivity index (χ4v) is 1.17. The molecule has 0 saturated heterocycles. The van der Waals surface area contributed by atoms with Gasteiger partial charge < -0.3 is 10.4 Å². The zero-order valence-electron chi connectivity index (χ0n) is 8.42. The van der Waals surface area contributed by atoms with Crippen molar-refractivity contribution in [1.82, 2.24) is 4.98 Å². The number of aromatic nitrogens is 1. The molecule has 0 aliphatic rings. The molecule has 0 bridgehead atoms. The molecule has 0 aliphatic heterocycles. The monoisotopic (exact) mass is 198 g/mol. The summed E-state index contributed by atoms with van der Waals surface area (Å²) in [6.45, 7) is 3.95. The molecule has 0 saturated carbocycles. The van der Waals surface area contributed by atoms with Crippen LogP contribution in [0.5, 0.6) is 0 Å². The zero-order valence-corrected chi connectivity index (χ0v) is 8.42. The molecule has 14 heavy (non-hydrogen) atoms. The van der Waals surface area contributed by atoms with Gasteiger partial charge in [-0.25, -0.2) is 4.98 Å². The number of halogens is 1. The van der Waals surface area contributed by atoms with Gasteiger partial charge in [-0.2, -0.15) is 4.39 Å². The fourth-order valence-electron chi connectivity index (χ4n) is 1.17. The van der Waals surface area contributed by atoms with Crippen LogP contribution in [0, 0.1) is 5.95 Å². The van der Waals surface area contributed by atoms with E-state index in [-0.39, 0.29) is 12.1 Å². The maximum Gasteiger partial charge on any atom is 0.214 e. The molecule has 0 unspecified atom stereocenters. The first kappa shape index (κ1) is 10.9. The van der Waals surface area contributed by atoms with Crippen molar-refractivity contribution in [2.24, 2.45) is 0 Å². The first-order valence-electron chi connectivity index (χ1n) is 4.55. The number of nitrogens with one attached hydrogen (secondary N) is 1. The molecule has 0 amide bonds. The highest BCUT2D eigenvalue weighted by Crippen LogP contribution is 2.15. The van der Waals surface area contributed by atoms with E-state index in [1.807, 2.05) is 13.8 Å². The first-order valence-corrected chi connectivity index (χ1v) is 4.55. The third kappa shape index (κ3) is 3.30. The number of anilines is 1. The highest BCUT2D eigenvalue weighted by atomic mass is 19.1. The molecule has 4 heteroatoms. The topological polar surface area (TPSA) is 45.1 Å². The van der Waals surface area contributed by atoms with Gasteiger partial charge >= 0.3 is 0 Å². The van der Waals surface area contributed by atoms with Crippen LogP contribution >= 0.6 is 0 Å². The predicted molar refractivity (Wildman–Crippen MR) is 53.6 cm³/mol. The van der Waals surface area contributed by atoms with E-state index in [4.69, 9.17) is 5.11 Å². The summed E-state index contributed by atoms with van der Waals surface area (Å²) >= 11 is 0. The molecule has 1 rings (SSSR count). The van der Waals surface area contributed by atoms with Crippen molar-refractivity contribution in [2.45, 2.75) is 25.8 Å². The van der Waals surface area contributed by atoms with Gasteiger partial charge in [0.15, 0.2) is 0 Å². The Morgan fingerprint density at radius 1 is 1.50 bits per heavy atom. The van der Waals surface area contributed by atoms with Gasteiger partial charge in [0.1, 0.15) is 5.82 Å². The number of hydrogen-bond acceptors (Lipinski definition) is 3. The number of pyridine rings is 1. The first-order chi connectivity index (χ1) is 6.53. The van der Waals surface area contributed by atoms with Crippen molar-refractivity contribution in [1.29, 1.82) is 0 Å².